The van der Waals surface area contributed by atoms with Crippen molar-refractivity contribution in [1.29, 1.82) is 0 Å². The average molecular weight is 343 g/mol. The van der Waals surface area contributed by atoms with Crippen LogP contribution in [0.25, 0.3) is 0 Å². The van der Waals surface area contributed by atoms with Crippen LogP contribution in [-0.4, -0.2) is 32.8 Å². The molecular weight excluding hydrogens is 318 g/mol. The highest BCUT2D eigenvalue weighted by atomic mass is 16.5. The van der Waals surface area contributed by atoms with Crippen LogP contribution >= 0.6 is 0 Å². The van der Waals surface area contributed by atoms with Crippen LogP contribution in [0.2, 0.25) is 0 Å². The summed E-state index contributed by atoms with van der Waals surface area (Å²) in [5.41, 5.74) is 1.22. The number of methoxy groups -OCH3 is 2. The van der Waals surface area contributed by atoms with Crippen molar-refractivity contribution in [3.63, 3.8) is 0 Å². The monoisotopic (exact) mass is 343 g/mol. The van der Waals surface area contributed by atoms with Gasteiger partial charge < -0.3 is 19.5 Å². The zero-order valence-electron chi connectivity index (χ0n) is 15.0. The summed E-state index contributed by atoms with van der Waals surface area (Å²) in [5, 5.41) is 2.90. The summed E-state index contributed by atoms with van der Waals surface area (Å²) in [4.78, 5) is 12.1. The number of nitrogens with one attached hydrogen (secondary N) is 1. The Hall–Kier alpha value is -2.69. The van der Waals surface area contributed by atoms with E-state index in [1.807, 2.05) is 24.3 Å². The third-order valence-electron chi connectivity index (χ3n) is 3.84. The maximum atomic E-state index is 12.1. The Morgan fingerprint density at radius 3 is 2.00 bits per heavy atom. The van der Waals surface area contributed by atoms with Crippen LogP contribution in [0.3, 0.4) is 0 Å². The number of ether oxygens (including phenoxy) is 3. The van der Waals surface area contributed by atoms with Crippen LogP contribution in [0.1, 0.15) is 18.9 Å². The summed E-state index contributed by atoms with van der Waals surface area (Å²) in [7, 11) is 3.26. The van der Waals surface area contributed by atoms with Gasteiger partial charge in [0.1, 0.15) is 17.2 Å². The van der Waals surface area contributed by atoms with Crippen LogP contribution in [-0.2, 0) is 11.2 Å². The Labute approximate surface area is 148 Å². The number of amides is 1. The van der Waals surface area contributed by atoms with Crippen LogP contribution < -0.4 is 19.5 Å². The molecule has 0 heterocycles. The van der Waals surface area contributed by atoms with E-state index >= 15 is 0 Å². The molecule has 2 aromatic carbocycles. The molecule has 0 saturated carbocycles. The van der Waals surface area contributed by atoms with Crippen molar-refractivity contribution in [2.75, 3.05) is 20.8 Å². The van der Waals surface area contributed by atoms with Gasteiger partial charge in [0.25, 0.3) is 5.91 Å². The molecule has 1 N–H and O–H groups in total. The minimum atomic E-state index is -0.547. The van der Waals surface area contributed by atoms with Crippen molar-refractivity contribution in [3.05, 3.63) is 54.1 Å². The maximum absolute atomic E-state index is 12.1. The summed E-state index contributed by atoms with van der Waals surface area (Å²) in [6, 6.07) is 15.1. The van der Waals surface area contributed by atoms with E-state index in [1.165, 1.54) is 5.56 Å². The highest BCUT2D eigenvalue weighted by Crippen LogP contribution is 2.18. The van der Waals surface area contributed by atoms with Gasteiger partial charge in [0.2, 0.25) is 0 Å². The lowest BCUT2D eigenvalue weighted by Crippen LogP contribution is -2.36. The third kappa shape index (κ3) is 6.03. The Morgan fingerprint density at radius 2 is 1.44 bits per heavy atom. The quantitative estimate of drug-likeness (QED) is 0.710. The standard InChI is InChI=1S/C20H25NO4/c1-15(25-19-12-10-18(24-3)11-13-19)20(22)21-14-4-5-16-6-8-17(23-2)9-7-16/h6-13,15H,4-5,14H2,1-3H3,(H,21,22). The number of hydrogen-bond donors (Lipinski definition) is 1. The van der Waals surface area contributed by atoms with Crippen LogP contribution in [0, 0.1) is 0 Å². The minimum Gasteiger partial charge on any atom is -0.497 e. The zero-order chi connectivity index (χ0) is 18.1. The van der Waals surface area contributed by atoms with Gasteiger partial charge in [-0.3, -0.25) is 4.79 Å². The van der Waals surface area contributed by atoms with Crippen molar-refractivity contribution in [2.45, 2.75) is 25.9 Å². The largest absolute Gasteiger partial charge is 0.497 e. The Kier molecular flexibility index (Phi) is 7.14. The van der Waals surface area contributed by atoms with Gasteiger partial charge in [0.05, 0.1) is 14.2 Å². The normalized spacial score (nSPS) is 11.5. The van der Waals surface area contributed by atoms with Gasteiger partial charge in [-0.1, -0.05) is 12.1 Å². The van der Waals surface area contributed by atoms with E-state index in [2.05, 4.69) is 5.32 Å². The molecule has 134 valence electrons. The summed E-state index contributed by atoms with van der Waals surface area (Å²) in [6.07, 6.45) is 1.22. The van der Waals surface area contributed by atoms with Crippen molar-refractivity contribution in [1.82, 2.24) is 5.32 Å². The van der Waals surface area contributed by atoms with Gasteiger partial charge >= 0.3 is 0 Å². The molecule has 0 aliphatic heterocycles. The molecule has 2 aromatic rings. The van der Waals surface area contributed by atoms with E-state index in [0.29, 0.717) is 12.3 Å². The van der Waals surface area contributed by atoms with Gasteiger partial charge in [-0.25, -0.2) is 0 Å². The SMILES string of the molecule is COc1ccc(CCCNC(=O)C(C)Oc2ccc(OC)cc2)cc1. The fourth-order valence-corrected chi connectivity index (χ4v) is 2.35. The van der Waals surface area contributed by atoms with Crippen LogP contribution in [0.5, 0.6) is 17.2 Å². The summed E-state index contributed by atoms with van der Waals surface area (Å²) >= 11 is 0. The van der Waals surface area contributed by atoms with Crippen molar-refractivity contribution >= 4 is 5.91 Å². The van der Waals surface area contributed by atoms with Gasteiger partial charge in [-0.2, -0.15) is 0 Å². The van der Waals surface area contributed by atoms with Crippen LogP contribution in [0.4, 0.5) is 0 Å². The van der Waals surface area contributed by atoms with E-state index in [-0.39, 0.29) is 5.91 Å². The number of aryl methyl sites for hydroxylation is 1. The number of benzene rings is 2. The van der Waals surface area contributed by atoms with Gasteiger partial charge in [-0.05, 0) is 61.7 Å². The van der Waals surface area contributed by atoms with E-state index in [1.54, 1.807) is 45.4 Å². The van der Waals surface area contributed by atoms with Gasteiger partial charge in [-0.15, -0.1) is 0 Å². The first-order valence-electron chi connectivity index (χ1n) is 8.33. The maximum Gasteiger partial charge on any atom is 0.260 e. The second kappa shape index (κ2) is 9.57. The predicted molar refractivity (Wildman–Crippen MR) is 97.4 cm³/mol. The fourth-order valence-electron chi connectivity index (χ4n) is 2.35. The second-order valence-corrected chi connectivity index (χ2v) is 5.68. The highest BCUT2D eigenvalue weighted by Gasteiger charge is 2.13. The average Bonchev–Trinajstić information content (AvgIpc) is 2.66. The molecule has 1 atom stereocenters. The smallest absolute Gasteiger partial charge is 0.260 e. The lowest BCUT2D eigenvalue weighted by molar-refractivity contribution is -0.127. The molecule has 0 spiro atoms. The van der Waals surface area contributed by atoms with Crippen LogP contribution in [0.15, 0.2) is 48.5 Å². The van der Waals surface area contributed by atoms with Crippen molar-refractivity contribution < 1.29 is 19.0 Å². The molecule has 5 heteroatoms. The number of carbonyl (C=O) groups is 1. The molecule has 25 heavy (non-hydrogen) atoms. The van der Waals surface area contributed by atoms with Gasteiger partial charge in [0.15, 0.2) is 6.10 Å². The molecule has 0 radical (unpaired) electrons. The first kappa shape index (κ1) is 18.6. The summed E-state index contributed by atoms with van der Waals surface area (Å²) in [5.74, 6) is 2.12. The Balaban J connectivity index is 1.69. The van der Waals surface area contributed by atoms with Crippen molar-refractivity contribution in [3.8, 4) is 17.2 Å². The summed E-state index contributed by atoms with van der Waals surface area (Å²) < 4.78 is 15.9. The molecule has 0 fully saturated rings. The minimum absolute atomic E-state index is 0.120. The molecule has 0 saturated heterocycles. The topological polar surface area (TPSA) is 56.8 Å². The molecule has 0 aliphatic rings. The number of hydrogen-bond acceptors (Lipinski definition) is 4. The van der Waals surface area contributed by atoms with E-state index in [9.17, 15) is 4.79 Å². The molecule has 1 amide bonds. The molecule has 0 aromatic heterocycles. The predicted octanol–water partition coefficient (Wildman–Crippen LogP) is 3.22. The lowest BCUT2D eigenvalue weighted by Gasteiger charge is -2.15. The van der Waals surface area contributed by atoms with E-state index < -0.39 is 6.10 Å². The van der Waals surface area contributed by atoms with Gasteiger partial charge in [0, 0.05) is 6.54 Å². The first-order valence-corrected chi connectivity index (χ1v) is 8.33. The number of carbonyl (C=O) groups excluding carboxylic acids is 1. The molecule has 1 unspecified atom stereocenters. The fraction of sp³-hybridized carbons (Fsp3) is 0.350. The van der Waals surface area contributed by atoms with E-state index in [0.717, 1.165) is 24.3 Å². The van der Waals surface area contributed by atoms with Crippen molar-refractivity contribution in [2.24, 2.45) is 0 Å². The molecule has 5 nitrogen and oxygen atoms in total. The molecule has 2 rings (SSSR count). The number of rotatable bonds is 9. The zero-order valence-corrected chi connectivity index (χ0v) is 15.0. The highest BCUT2D eigenvalue weighted by molar-refractivity contribution is 5.80. The molecule has 0 aliphatic carbocycles. The van der Waals surface area contributed by atoms with E-state index in [4.69, 9.17) is 14.2 Å². The third-order valence-corrected chi connectivity index (χ3v) is 3.84. The first-order chi connectivity index (χ1) is 12.1. The second-order valence-electron chi connectivity index (χ2n) is 5.68. The Bertz CT molecular complexity index is 652. The Morgan fingerprint density at radius 1 is 0.920 bits per heavy atom. The lowest BCUT2D eigenvalue weighted by atomic mass is 10.1. The molecular formula is C20H25NO4. The summed E-state index contributed by atoms with van der Waals surface area (Å²) in [6.45, 7) is 2.35. The molecule has 0 bridgehead atoms.